The number of hydrogen-bond acceptors (Lipinski definition) is 4. The Labute approximate surface area is 118 Å². The highest BCUT2D eigenvalue weighted by Gasteiger charge is 2.07. The molecule has 0 amide bonds. The summed E-state index contributed by atoms with van der Waals surface area (Å²) >= 11 is 3.36. The van der Waals surface area contributed by atoms with Crippen molar-refractivity contribution in [3.63, 3.8) is 0 Å². The molecule has 0 aliphatic rings. The molecule has 3 aromatic rings. The summed E-state index contributed by atoms with van der Waals surface area (Å²) in [6, 6.07) is 11.8. The first-order valence-electron chi connectivity index (χ1n) is 5.57. The summed E-state index contributed by atoms with van der Waals surface area (Å²) in [6.07, 6.45) is 4.91. The van der Waals surface area contributed by atoms with Crippen molar-refractivity contribution < 1.29 is 4.74 Å². The van der Waals surface area contributed by atoms with Crippen molar-refractivity contribution in [2.75, 3.05) is 0 Å². The molecular formula is C13H9BrN4O. The molecule has 2 heterocycles. The van der Waals surface area contributed by atoms with Crippen LogP contribution in [0.3, 0.4) is 0 Å². The highest BCUT2D eigenvalue weighted by Crippen LogP contribution is 2.26. The van der Waals surface area contributed by atoms with Crippen LogP contribution in [0.15, 0.2) is 59.6 Å². The molecule has 0 unspecified atom stereocenters. The standard InChI is InChI=1S/C13H9BrN4O/c14-11-8-15-7-6-12(11)19-13-16-9-18(17-13)10-4-2-1-3-5-10/h1-9H. The lowest BCUT2D eigenvalue weighted by atomic mass is 10.3. The zero-order valence-electron chi connectivity index (χ0n) is 9.77. The van der Waals surface area contributed by atoms with Crippen LogP contribution >= 0.6 is 15.9 Å². The topological polar surface area (TPSA) is 52.8 Å². The molecule has 0 aliphatic carbocycles. The van der Waals surface area contributed by atoms with Gasteiger partial charge in [-0.3, -0.25) is 4.98 Å². The lowest BCUT2D eigenvalue weighted by molar-refractivity contribution is 0.438. The minimum atomic E-state index is 0.288. The Morgan fingerprint density at radius 3 is 2.74 bits per heavy atom. The molecule has 0 saturated carbocycles. The van der Waals surface area contributed by atoms with Crippen LogP contribution in [-0.4, -0.2) is 19.7 Å². The molecule has 1 aromatic carbocycles. The van der Waals surface area contributed by atoms with Crippen molar-refractivity contribution in [3.8, 4) is 17.4 Å². The average Bonchev–Trinajstić information content (AvgIpc) is 2.91. The first kappa shape index (κ1) is 11.9. The number of pyridine rings is 1. The fraction of sp³-hybridized carbons (Fsp3) is 0. The Morgan fingerprint density at radius 1 is 1.11 bits per heavy atom. The van der Waals surface area contributed by atoms with Crippen molar-refractivity contribution in [3.05, 3.63) is 59.6 Å². The van der Waals surface area contributed by atoms with Gasteiger partial charge in [-0.2, -0.15) is 4.98 Å². The second-order valence-corrected chi connectivity index (χ2v) is 4.57. The maximum atomic E-state index is 5.58. The van der Waals surface area contributed by atoms with Crippen LogP contribution in [0, 0.1) is 0 Å². The van der Waals surface area contributed by atoms with Gasteiger partial charge in [0.25, 0.3) is 0 Å². The molecule has 0 radical (unpaired) electrons. The Morgan fingerprint density at radius 2 is 1.95 bits per heavy atom. The van der Waals surface area contributed by atoms with Crippen LogP contribution in [0.5, 0.6) is 11.8 Å². The molecule has 3 rings (SSSR count). The van der Waals surface area contributed by atoms with E-state index in [-0.39, 0.29) is 6.01 Å². The highest BCUT2D eigenvalue weighted by atomic mass is 79.9. The van der Waals surface area contributed by atoms with Crippen molar-refractivity contribution in [2.24, 2.45) is 0 Å². The van der Waals surface area contributed by atoms with Gasteiger partial charge in [-0.1, -0.05) is 18.2 Å². The van der Waals surface area contributed by atoms with E-state index in [2.05, 4.69) is 31.0 Å². The number of halogens is 1. The first-order chi connectivity index (χ1) is 9.33. The van der Waals surface area contributed by atoms with Crippen molar-refractivity contribution >= 4 is 15.9 Å². The van der Waals surface area contributed by atoms with Gasteiger partial charge in [0, 0.05) is 18.5 Å². The Kier molecular flexibility index (Phi) is 3.24. The van der Waals surface area contributed by atoms with Gasteiger partial charge in [0.05, 0.1) is 10.2 Å². The zero-order valence-corrected chi connectivity index (χ0v) is 11.4. The molecule has 2 aromatic heterocycles. The summed E-state index contributed by atoms with van der Waals surface area (Å²) in [5.41, 5.74) is 0.929. The fourth-order valence-electron chi connectivity index (χ4n) is 1.54. The molecule has 0 fully saturated rings. The molecule has 19 heavy (non-hydrogen) atoms. The number of ether oxygens (including phenoxy) is 1. The van der Waals surface area contributed by atoms with Crippen LogP contribution in [0.25, 0.3) is 5.69 Å². The lowest BCUT2D eigenvalue weighted by Crippen LogP contribution is -1.94. The van der Waals surface area contributed by atoms with Crippen molar-refractivity contribution in [1.82, 2.24) is 19.7 Å². The predicted molar refractivity (Wildman–Crippen MR) is 73.4 cm³/mol. The third-order valence-electron chi connectivity index (χ3n) is 2.43. The van der Waals surface area contributed by atoms with E-state index in [0.717, 1.165) is 10.2 Å². The molecule has 0 aliphatic heterocycles. The minimum absolute atomic E-state index is 0.288. The minimum Gasteiger partial charge on any atom is -0.422 e. The average molecular weight is 317 g/mol. The zero-order chi connectivity index (χ0) is 13.1. The lowest BCUT2D eigenvalue weighted by Gasteiger charge is -2.02. The van der Waals surface area contributed by atoms with Crippen LogP contribution in [0.2, 0.25) is 0 Å². The fourth-order valence-corrected chi connectivity index (χ4v) is 1.87. The molecule has 0 spiro atoms. The number of rotatable bonds is 3. The summed E-state index contributed by atoms with van der Waals surface area (Å²) < 4.78 is 7.99. The third-order valence-corrected chi connectivity index (χ3v) is 3.02. The second kappa shape index (κ2) is 5.19. The molecular weight excluding hydrogens is 308 g/mol. The summed E-state index contributed by atoms with van der Waals surface area (Å²) in [5, 5.41) is 4.26. The number of hydrogen-bond donors (Lipinski definition) is 0. The Bertz CT molecular complexity index is 684. The summed E-state index contributed by atoms with van der Waals surface area (Å²) in [5.74, 6) is 0.626. The van der Waals surface area contributed by atoms with E-state index in [1.165, 1.54) is 0 Å². The summed E-state index contributed by atoms with van der Waals surface area (Å²) in [4.78, 5) is 8.08. The van der Waals surface area contributed by atoms with E-state index in [4.69, 9.17) is 4.74 Å². The third kappa shape index (κ3) is 2.63. The summed E-state index contributed by atoms with van der Waals surface area (Å²) in [7, 11) is 0. The Hall–Kier alpha value is -2.21. The number of para-hydroxylation sites is 1. The van der Waals surface area contributed by atoms with E-state index < -0.39 is 0 Å². The molecule has 94 valence electrons. The van der Waals surface area contributed by atoms with Crippen LogP contribution in [-0.2, 0) is 0 Å². The van der Waals surface area contributed by atoms with Gasteiger partial charge in [0.15, 0.2) is 0 Å². The van der Waals surface area contributed by atoms with Gasteiger partial charge < -0.3 is 4.74 Å². The van der Waals surface area contributed by atoms with Gasteiger partial charge in [0.1, 0.15) is 12.1 Å². The quantitative estimate of drug-likeness (QED) is 0.744. The largest absolute Gasteiger partial charge is 0.422 e. The molecule has 0 saturated heterocycles. The van der Waals surface area contributed by atoms with Crippen LogP contribution in [0.4, 0.5) is 0 Å². The van der Waals surface area contributed by atoms with Gasteiger partial charge in [-0.25, -0.2) is 4.68 Å². The van der Waals surface area contributed by atoms with Gasteiger partial charge >= 0.3 is 6.01 Å². The number of aromatic nitrogens is 4. The highest BCUT2D eigenvalue weighted by molar-refractivity contribution is 9.10. The van der Waals surface area contributed by atoms with E-state index in [1.807, 2.05) is 30.3 Å². The van der Waals surface area contributed by atoms with Crippen molar-refractivity contribution in [1.29, 1.82) is 0 Å². The first-order valence-corrected chi connectivity index (χ1v) is 6.37. The predicted octanol–water partition coefficient (Wildman–Crippen LogP) is 3.22. The van der Waals surface area contributed by atoms with Gasteiger partial charge in [-0.05, 0) is 28.1 Å². The van der Waals surface area contributed by atoms with Crippen LogP contribution < -0.4 is 4.74 Å². The Balaban J connectivity index is 1.85. The number of benzene rings is 1. The molecule has 0 bridgehead atoms. The van der Waals surface area contributed by atoms with E-state index in [1.54, 1.807) is 29.5 Å². The normalized spacial score (nSPS) is 10.4. The van der Waals surface area contributed by atoms with Gasteiger partial charge in [0.2, 0.25) is 0 Å². The SMILES string of the molecule is Brc1cnccc1Oc1ncn(-c2ccccc2)n1. The second-order valence-electron chi connectivity index (χ2n) is 3.72. The van der Waals surface area contributed by atoms with E-state index in [0.29, 0.717) is 5.75 Å². The smallest absolute Gasteiger partial charge is 0.341 e. The maximum Gasteiger partial charge on any atom is 0.341 e. The molecule has 0 atom stereocenters. The molecule has 0 N–H and O–H groups in total. The molecule has 5 nitrogen and oxygen atoms in total. The summed E-state index contributed by atoms with van der Waals surface area (Å²) in [6.45, 7) is 0. The van der Waals surface area contributed by atoms with E-state index in [9.17, 15) is 0 Å². The van der Waals surface area contributed by atoms with E-state index >= 15 is 0 Å². The monoisotopic (exact) mass is 316 g/mol. The van der Waals surface area contributed by atoms with Gasteiger partial charge in [-0.15, -0.1) is 5.10 Å². The number of nitrogens with zero attached hydrogens (tertiary/aromatic N) is 4. The van der Waals surface area contributed by atoms with Crippen molar-refractivity contribution in [2.45, 2.75) is 0 Å². The maximum absolute atomic E-state index is 5.58. The van der Waals surface area contributed by atoms with Crippen LogP contribution in [0.1, 0.15) is 0 Å². The molecule has 6 heteroatoms.